The molecule has 0 saturated carbocycles. The molecule has 4 aromatic rings. The van der Waals surface area contributed by atoms with Gasteiger partial charge in [-0.2, -0.15) is 0 Å². The normalized spacial score (nSPS) is 11.9. The van der Waals surface area contributed by atoms with E-state index >= 15 is 0 Å². The van der Waals surface area contributed by atoms with Gasteiger partial charge in [-0.25, -0.2) is 8.42 Å². The summed E-state index contributed by atoms with van der Waals surface area (Å²) in [6, 6.07) is 26.4. The zero-order valence-electron chi connectivity index (χ0n) is 24.2. The monoisotopic (exact) mass is 715 g/mol. The summed E-state index contributed by atoms with van der Waals surface area (Å²) >= 11 is 16.1. The van der Waals surface area contributed by atoms with Gasteiger partial charge in [-0.3, -0.25) is 13.9 Å². The molecule has 1 atom stereocenters. The van der Waals surface area contributed by atoms with Gasteiger partial charge in [0.2, 0.25) is 11.8 Å². The fourth-order valence-electron chi connectivity index (χ4n) is 4.68. The number of carbonyl (C=O) groups is 2. The van der Waals surface area contributed by atoms with E-state index in [-0.39, 0.29) is 29.5 Å². The maximum Gasteiger partial charge on any atom is 0.264 e. The molecule has 4 aromatic carbocycles. The van der Waals surface area contributed by atoms with Crippen molar-refractivity contribution >= 4 is 66.7 Å². The van der Waals surface area contributed by atoms with Crippen LogP contribution >= 0.6 is 39.1 Å². The summed E-state index contributed by atoms with van der Waals surface area (Å²) in [6.45, 7) is 3.38. The molecule has 0 unspecified atom stereocenters. The topological polar surface area (TPSA) is 86.8 Å². The molecule has 0 heterocycles. The number of amides is 2. The molecule has 2 amide bonds. The van der Waals surface area contributed by atoms with Gasteiger partial charge in [-0.05, 0) is 67.4 Å². The van der Waals surface area contributed by atoms with Crippen LogP contribution in [-0.4, -0.2) is 44.3 Å². The predicted molar refractivity (Wildman–Crippen MR) is 179 cm³/mol. The van der Waals surface area contributed by atoms with Crippen LogP contribution < -0.4 is 9.62 Å². The molecule has 0 aliphatic carbocycles. The first-order chi connectivity index (χ1) is 21.0. The molecule has 4 rings (SSSR count). The minimum Gasteiger partial charge on any atom is -0.355 e. The lowest BCUT2D eigenvalue weighted by Gasteiger charge is -2.34. The molecule has 0 saturated heterocycles. The molecule has 0 aliphatic heterocycles. The van der Waals surface area contributed by atoms with Crippen molar-refractivity contribution in [3.63, 3.8) is 0 Å². The van der Waals surface area contributed by atoms with Crippen molar-refractivity contribution in [3.05, 3.63) is 128 Å². The third-order valence-corrected chi connectivity index (χ3v) is 9.83. The zero-order chi connectivity index (χ0) is 31.9. The number of hydrogen-bond donors (Lipinski definition) is 1. The fraction of sp³-hybridized carbons (Fsp3) is 0.212. The second-order valence-electron chi connectivity index (χ2n) is 10.2. The second kappa shape index (κ2) is 15.1. The van der Waals surface area contributed by atoms with Crippen LogP contribution in [0.25, 0.3) is 0 Å². The van der Waals surface area contributed by atoms with Gasteiger partial charge in [0.05, 0.1) is 10.6 Å². The van der Waals surface area contributed by atoms with Crippen LogP contribution in [0.15, 0.2) is 106 Å². The third-order valence-electron chi connectivity index (χ3n) is 6.96. The van der Waals surface area contributed by atoms with Crippen molar-refractivity contribution in [2.45, 2.75) is 37.8 Å². The lowest BCUT2D eigenvalue weighted by Crippen LogP contribution is -2.53. The van der Waals surface area contributed by atoms with Crippen LogP contribution in [0.1, 0.15) is 23.6 Å². The van der Waals surface area contributed by atoms with Crippen molar-refractivity contribution in [3.8, 4) is 0 Å². The highest BCUT2D eigenvalue weighted by molar-refractivity contribution is 9.10. The molecule has 0 spiro atoms. The quantitative estimate of drug-likeness (QED) is 0.171. The Kier molecular flexibility index (Phi) is 11.5. The van der Waals surface area contributed by atoms with Gasteiger partial charge < -0.3 is 10.2 Å². The summed E-state index contributed by atoms with van der Waals surface area (Å²) in [5.41, 5.74) is 2.57. The van der Waals surface area contributed by atoms with Crippen molar-refractivity contribution < 1.29 is 18.0 Å². The van der Waals surface area contributed by atoms with Crippen LogP contribution in [0.4, 0.5) is 5.69 Å². The van der Waals surface area contributed by atoms with E-state index < -0.39 is 28.5 Å². The molecular formula is C33H32BrCl2N3O4S. The Bertz CT molecular complexity index is 1720. The zero-order valence-corrected chi connectivity index (χ0v) is 28.1. The summed E-state index contributed by atoms with van der Waals surface area (Å²) in [5.74, 6) is -0.955. The Hall–Kier alpha value is -3.37. The van der Waals surface area contributed by atoms with Crippen LogP contribution in [-0.2, 0) is 32.6 Å². The van der Waals surface area contributed by atoms with Gasteiger partial charge in [-0.1, -0.05) is 99.3 Å². The van der Waals surface area contributed by atoms with Crippen molar-refractivity contribution in [1.29, 1.82) is 0 Å². The van der Waals surface area contributed by atoms with Crippen molar-refractivity contribution in [2.75, 3.05) is 17.4 Å². The Morgan fingerprint density at radius 1 is 0.909 bits per heavy atom. The summed E-state index contributed by atoms with van der Waals surface area (Å²) in [4.78, 5) is 29.4. The third kappa shape index (κ3) is 8.41. The van der Waals surface area contributed by atoms with Crippen LogP contribution in [0.5, 0.6) is 0 Å². The standard InChI is InChI=1S/C33H32BrCl2N3O4S/c1-3-37-33(41)31(18-24-8-5-4-6-9-24)38(21-25-14-15-27(35)20-30(25)36)32(40)22-39(28-11-7-10-26(34)19-28)44(42,43)29-16-12-23(2)13-17-29/h4-17,19-20,31H,3,18,21-22H2,1-2H3,(H,37,41)/t31-/m0/s1. The van der Waals surface area contributed by atoms with Crippen molar-refractivity contribution in [2.24, 2.45) is 0 Å². The van der Waals surface area contributed by atoms with E-state index in [1.807, 2.05) is 37.3 Å². The number of sulfonamides is 1. The first-order valence-electron chi connectivity index (χ1n) is 13.9. The smallest absolute Gasteiger partial charge is 0.264 e. The van der Waals surface area contributed by atoms with Gasteiger partial charge in [0, 0.05) is 34.0 Å². The molecule has 0 radical (unpaired) electrons. The number of anilines is 1. The second-order valence-corrected chi connectivity index (χ2v) is 13.8. The Morgan fingerprint density at radius 2 is 1.61 bits per heavy atom. The number of carbonyl (C=O) groups excluding carboxylic acids is 2. The SMILES string of the molecule is CCNC(=O)[C@H](Cc1ccccc1)N(Cc1ccc(Cl)cc1Cl)C(=O)CN(c1cccc(Br)c1)S(=O)(=O)c1ccc(C)cc1. The van der Waals surface area contributed by atoms with Crippen LogP contribution in [0.3, 0.4) is 0 Å². The highest BCUT2D eigenvalue weighted by atomic mass is 79.9. The van der Waals surface area contributed by atoms with E-state index in [9.17, 15) is 18.0 Å². The number of likely N-dealkylation sites (N-methyl/N-ethyl adjacent to an activating group) is 1. The summed E-state index contributed by atoms with van der Waals surface area (Å²) in [7, 11) is -4.20. The van der Waals surface area contributed by atoms with E-state index in [1.165, 1.54) is 17.0 Å². The molecule has 7 nitrogen and oxygen atoms in total. The van der Waals surface area contributed by atoms with E-state index in [0.29, 0.717) is 26.6 Å². The molecule has 0 aliphatic rings. The summed E-state index contributed by atoms with van der Waals surface area (Å²) in [5, 5.41) is 3.58. The minimum absolute atomic E-state index is 0.0349. The highest BCUT2D eigenvalue weighted by Crippen LogP contribution is 2.28. The van der Waals surface area contributed by atoms with Crippen LogP contribution in [0.2, 0.25) is 10.0 Å². The van der Waals surface area contributed by atoms with E-state index in [0.717, 1.165) is 15.4 Å². The highest BCUT2D eigenvalue weighted by Gasteiger charge is 2.34. The summed E-state index contributed by atoms with van der Waals surface area (Å²) < 4.78 is 29.9. The largest absolute Gasteiger partial charge is 0.355 e. The number of nitrogens with zero attached hydrogens (tertiary/aromatic N) is 2. The number of nitrogens with one attached hydrogen (secondary N) is 1. The van der Waals surface area contributed by atoms with E-state index in [1.54, 1.807) is 61.5 Å². The first-order valence-corrected chi connectivity index (χ1v) is 16.9. The number of benzene rings is 4. The number of halogens is 3. The molecule has 1 N–H and O–H groups in total. The number of hydrogen-bond acceptors (Lipinski definition) is 4. The fourth-order valence-corrected chi connectivity index (χ4v) is 6.94. The first kappa shape index (κ1) is 33.5. The average Bonchev–Trinajstić information content (AvgIpc) is 2.99. The molecule has 0 aromatic heterocycles. The summed E-state index contributed by atoms with van der Waals surface area (Å²) in [6.07, 6.45) is 0.200. The Balaban J connectivity index is 1.82. The Morgan fingerprint density at radius 3 is 2.25 bits per heavy atom. The van der Waals surface area contributed by atoms with Crippen molar-refractivity contribution in [1.82, 2.24) is 10.2 Å². The van der Waals surface area contributed by atoms with Gasteiger partial charge in [-0.15, -0.1) is 0 Å². The number of rotatable bonds is 12. The maximum atomic E-state index is 14.4. The van der Waals surface area contributed by atoms with Gasteiger partial charge >= 0.3 is 0 Å². The van der Waals surface area contributed by atoms with Gasteiger partial charge in [0.1, 0.15) is 12.6 Å². The number of aryl methyl sites for hydroxylation is 1. The van der Waals surface area contributed by atoms with Gasteiger partial charge in [0.15, 0.2) is 0 Å². The molecular weight excluding hydrogens is 685 g/mol. The lowest BCUT2D eigenvalue weighted by atomic mass is 10.0. The maximum absolute atomic E-state index is 14.4. The average molecular weight is 718 g/mol. The lowest BCUT2D eigenvalue weighted by molar-refractivity contribution is -0.140. The molecule has 0 fully saturated rings. The van der Waals surface area contributed by atoms with E-state index in [2.05, 4.69) is 21.2 Å². The van der Waals surface area contributed by atoms with E-state index in [4.69, 9.17) is 23.2 Å². The molecule has 230 valence electrons. The van der Waals surface area contributed by atoms with Crippen LogP contribution in [0, 0.1) is 6.92 Å². The minimum atomic E-state index is -4.20. The predicted octanol–water partition coefficient (Wildman–Crippen LogP) is 7.04. The molecule has 11 heteroatoms. The Labute approximate surface area is 277 Å². The molecule has 44 heavy (non-hydrogen) atoms. The molecule has 0 bridgehead atoms. The van der Waals surface area contributed by atoms with Gasteiger partial charge in [0.25, 0.3) is 10.0 Å².